The van der Waals surface area contributed by atoms with E-state index in [2.05, 4.69) is 49.2 Å². The summed E-state index contributed by atoms with van der Waals surface area (Å²) in [6, 6.07) is 1.98. The molecule has 0 saturated heterocycles. The lowest BCUT2D eigenvalue weighted by molar-refractivity contribution is 0.290. The molecule has 0 saturated carbocycles. The van der Waals surface area contributed by atoms with E-state index in [1.54, 1.807) is 6.20 Å². The van der Waals surface area contributed by atoms with Gasteiger partial charge in [-0.05, 0) is 35.1 Å². The Balaban J connectivity index is 2.30. The average molecular weight is 346 g/mol. The van der Waals surface area contributed by atoms with Gasteiger partial charge in [0.15, 0.2) is 5.65 Å². The molecule has 0 bridgehead atoms. The molecule has 4 nitrogen and oxygen atoms in total. The van der Waals surface area contributed by atoms with Crippen LogP contribution in [-0.4, -0.2) is 39.1 Å². The molecule has 0 radical (unpaired) electrons. The zero-order chi connectivity index (χ0) is 13.8. The van der Waals surface area contributed by atoms with Crippen molar-refractivity contribution in [3.8, 4) is 0 Å². The van der Waals surface area contributed by atoms with Crippen LogP contribution in [0.5, 0.6) is 0 Å². The van der Waals surface area contributed by atoms with Gasteiger partial charge in [0.2, 0.25) is 0 Å². The Morgan fingerprint density at radius 2 is 2.11 bits per heavy atom. The first-order valence-electron chi connectivity index (χ1n) is 6.48. The van der Waals surface area contributed by atoms with E-state index >= 15 is 0 Å². The summed E-state index contributed by atoms with van der Waals surface area (Å²) in [6.45, 7) is 8.31. The molecule has 2 aromatic heterocycles. The number of nitrogens with zero attached hydrogens (tertiary/aromatic N) is 4. The first-order chi connectivity index (χ1) is 9.19. The van der Waals surface area contributed by atoms with Crippen LogP contribution in [0.1, 0.15) is 19.7 Å². The van der Waals surface area contributed by atoms with Gasteiger partial charge in [-0.15, -0.1) is 11.6 Å². The summed E-state index contributed by atoms with van der Waals surface area (Å²) in [6.07, 6.45) is 1.80. The van der Waals surface area contributed by atoms with Gasteiger partial charge in [-0.1, -0.05) is 13.8 Å². The number of hydrogen-bond acceptors (Lipinski definition) is 3. The van der Waals surface area contributed by atoms with Gasteiger partial charge < -0.3 is 9.47 Å². The molecule has 0 amide bonds. The molecule has 0 atom stereocenters. The van der Waals surface area contributed by atoms with Crippen LogP contribution in [0.2, 0.25) is 0 Å². The predicted molar refractivity (Wildman–Crippen MR) is 82.6 cm³/mol. The van der Waals surface area contributed by atoms with Crippen LogP contribution in [0.3, 0.4) is 0 Å². The largest absolute Gasteiger partial charge is 0.310 e. The summed E-state index contributed by atoms with van der Waals surface area (Å²) < 4.78 is 3.06. The minimum atomic E-state index is 0.409. The molecule has 2 heterocycles. The minimum Gasteiger partial charge on any atom is -0.310 e. The van der Waals surface area contributed by atoms with Crippen molar-refractivity contribution in [3.05, 3.63) is 22.6 Å². The molecule has 0 aromatic carbocycles. The van der Waals surface area contributed by atoms with Crippen LogP contribution in [0.25, 0.3) is 11.2 Å². The summed E-state index contributed by atoms with van der Waals surface area (Å²) in [5, 5.41) is 0. The summed E-state index contributed by atoms with van der Waals surface area (Å²) in [4.78, 5) is 11.4. The van der Waals surface area contributed by atoms with E-state index in [1.807, 2.05) is 6.07 Å². The lowest BCUT2D eigenvalue weighted by atomic mass is 10.4. The fraction of sp³-hybridized carbons (Fsp3) is 0.538. The number of fused-ring (bicyclic) bond motifs is 1. The van der Waals surface area contributed by atoms with Crippen LogP contribution in [-0.2, 0) is 12.4 Å². The average Bonchev–Trinajstić information content (AvgIpc) is 2.77. The van der Waals surface area contributed by atoms with Crippen LogP contribution < -0.4 is 0 Å². The van der Waals surface area contributed by atoms with E-state index in [0.29, 0.717) is 5.88 Å². The van der Waals surface area contributed by atoms with E-state index in [0.717, 1.165) is 47.6 Å². The first kappa shape index (κ1) is 14.8. The van der Waals surface area contributed by atoms with E-state index in [1.165, 1.54) is 0 Å². The van der Waals surface area contributed by atoms with Crippen molar-refractivity contribution in [1.82, 2.24) is 19.4 Å². The Labute approximate surface area is 126 Å². The molecule has 0 unspecified atom stereocenters. The maximum Gasteiger partial charge on any atom is 0.160 e. The highest BCUT2D eigenvalue weighted by atomic mass is 79.9. The van der Waals surface area contributed by atoms with Crippen LogP contribution in [0.15, 0.2) is 16.7 Å². The minimum absolute atomic E-state index is 0.409. The number of alkyl halides is 1. The van der Waals surface area contributed by atoms with Crippen molar-refractivity contribution >= 4 is 38.7 Å². The number of halogens is 2. The molecule has 0 aliphatic carbocycles. The number of hydrogen-bond donors (Lipinski definition) is 0. The van der Waals surface area contributed by atoms with Crippen molar-refractivity contribution in [1.29, 1.82) is 0 Å². The fourth-order valence-corrected chi connectivity index (χ4v) is 2.67. The Morgan fingerprint density at radius 1 is 1.37 bits per heavy atom. The Bertz CT molecular complexity index is 551. The molecule has 0 N–H and O–H groups in total. The number of pyridine rings is 1. The third kappa shape index (κ3) is 3.27. The second kappa shape index (κ2) is 6.68. The lowest BCUT2D eigenvalue weighted by Crippen LogP contribution is -2.27. The molecule has 0 fully saturated rings. The number of aromatic nitrogens is 3. The molecule has 19 heavy (non-hydrogen) atoms. The van der Waals surface area contributed by atoms with E-state index in [4.69, 9.17) is 11.6 Å². The van der Waals surface area contributed by atoms with Gasteiger partial charge in [-0.25, -0.2) is 9.97 Å². The van der Waals surface area contributed by atoms with Gasteiger partial charge in [0.05, 0.1) is 5.88 Å². The number of rotatable bonds is 6. The molecule has 0 aliphatic heterocycles. The van der Waals surface area contributed by atoms with Gasteiger partial charge in [-0.2, -0.15) is 0 Å². The highest BCUT2D eigenvalue weighted by Gasteiger charge is 2.12. The number of likely N-dealkylation sites (N-methyl/N-ethyl adjacent to an activating group) is 1. The summed E-state index contributed by atoms with van der Waals surface area (Å²) >= 11 is 9.41. The van der Waals surface area contributed by atoms with Gasteiger partial charge >= 0.3 is 0 Å². The van der Waals surface area contributed by atoms with Crippen molar-refractivity contribution in [2.24, 2.45) is 0 Å². The molecule has 2 rings (SSSR count). The van der Waals surface area contributed by atoms with Crippen LogP contribution in [0.4, 0.5) is 0 Å². The molecular weight excluding hydrogens is 328 g/mol. The SMILES string of the molecule is CCN(CC)CCn1c(CCl)nc2cc(Br)cnc21. The Kier molecular flexibility index (Phi) is 5.19. The van der Waals surface area contributed by atoms with Crippen molar-refractivity contribution in [2.75, 3.05) is 19.6 Å². The van der Waals surface area contributed by atoms with E-state index < -0.39 is 0 Å². The maximum atomic E-state index is 5.99. The highest BCUT2D eigenvalue weighted by Crippen LogP contribution is 2.19. The molecular formula is C13H18BrClN4. The van der Waals surface area contributed by atoms with Crippen molar-refractivity contribution in [3.63, 3.8) is 0 Å². The van der Waals surface area contributed by atoms with Crippen molar-refractivity contribution in [2.45, 2.75) is 26.3 Å². The van der Waals surface area contributed by atoms with Gasteiger partial charge in [-0.3, -0.25) is 0 Å². The zero-order valence-electron chi connectivity index (χ0n) is 11.2. The van der Waals surface area contributed by atoms with Crippen molar-refractivity contribution < 1.29 is 0 Å². The monoisotopic (exact) mass is 344 g/mol. The molecule has 2 aromatic rings. The second-order valence-electron chi connectivity index (χ2n) is 4.34. The van der Waals surface area contributed by atoms with E-state index in [-0.39, 0.29) is 0 Å². The van der Waals surface area contributed by atoms with E-state index in [9.17, 15) is 0 Å². The van der Waals surface area contributed by atoms with Crippen LogP contribution >= 0.6 is 27.5 Å². The quantitative estimate of drug-likeness (QED) is 0.754. The standard InChI is InChI=1S/C13H18BrClN4/c1-3-18(4-2)5-6-19-12(8-15)17-11-7-10(14)9-16-13(11)19/h7,9H,3-6,8H2,1-2H3. The van der Waals surface area contributed by atoms with Crippen LogP contribution in [0, 0.1) is 0 Å². The summed E-state index contributed by atoms with van der Waals surface area (Å²) in [7, 11) is 0. The highest BCUT2D eigenvalue weighted by molar-refractivity contribution is 9.10. The Morgan fingerprint density at radius 3 is 2.74 bits per heavy atom. The lowest BCUT2D eigenvalue weighted by Gasteiger charge is -2.18. The fourth-order valence-electron chi connectivity index (χ4n) is 2.15. The normalized spacial score (nSPS) is 11.6. The Hall–Kier alpha value is -0.650. The number of imidazole rings is 1. The van der Waals surface area contributed by atoms with Gasteiger partial charge in [0, 0.05) is 23.8 Å². The maximum absolute atomic E-state index is 5.99. The summed E-state index contributed by atoms with van der Waals surface area (Å²) in [5.41, 5.74) is 1.80. The molecule has 104 valence electrons. The predicted octanol–water partition coefficient (Wildman–Crippen LogP) is 3.27. The molecule has 0 spiro atoms. The smallest absolute Gasteiger partial charge is 0.160 e. The third-order valence-electron chi connectivity index (χ3n) is 3.28. The zero-order valence-corrected chi connectivity index (χ0v) is 13.6. The molecule has 0 aliphatic rings. The summed E-state index contributed by atoms with van der Waals surface area (Å²) in [5.74, 6) is 1.29. The topological polar surface area (TPSA) is 34.0 Å². The third-order valence-corrected chi connectivity index (χ3v) is 3.96. The van der Waals surface area contributed by atoms with Gasteiger partial charge in [0.25, 0.3) is 0 Å². The van der Waals surface area contributed by atoms with Gasteiger partial charge in [0.1, 0.15) is 11.3 Å². The first-order valence-corrected chi connectivity index (χ1v) is 7.81. The second-order valence-corrected chi connectivity index (χ2v) is 5.52. The molecule has 6 heteroatoms.